The molecule has 0 aromatic carbocycles. The van der Waals surface area contributed by atoms with E-state index in [1.165, 1.54) is 0 Å². The molecule has 2 saturated heterocycles. The van der Waals surface area contributed by atoms with Crippen LogP contribution in [0.3, 0.4) is 0 Å². The van der Waals surface area contributed by atoms with Crippen LogP contribution in [0.25, 0.3) is 0 Å². The second-order valence-electron chi connectivity index (χ2n) is 8.14. The average Bonchev–Trinajstić information content (AvgIpc) is 3.16. The topological polar surface area (TPSA) is 95.1 Å². The van der Waals surface area contributed by atoms with E-state index in [0.29, 0.717) is 26.1 Å². The van der Waals surface area contributed by atoms with Crippen molar-refractivity contribution in [2.75, 3.05) is 39.6 Å². The monoisotopic (exact) mass is 412 g/mol. The average molecular weight is 413 g/mol. The number of rotatable bonds is 10. The number of ether oxygens (including phenoxy) is 4. The van der Waals surface area contributed by atoms with E-state index in [4.69, 9.17) is 18.9 Å². The lowest BCUT2D eigenvalue weighted by Crippen LogP contribution is -2.48. The van der Waals surface area contributed by atoms with Gasteiger partial charge in [0.2, 0.25) is 11.8 Å². The van der Waals surface area contributed by atoms with Gasteiger partial charge in [0.15, 0.2) is 0 Å². The fourth-order valence-corrected chi connectivity index (χ4v) is 4.19. The smallest absolute Gasteiger partial charge is 0.222 e. The molecule has 8 heteroatoms. The molecule has 8 nitrogen and oxygen atoms in total. The highest BCUT2D eigenvalue weighted by Crippen LogP contribution is 2.20. The van der Waals surface area contributed by atoms with Gasteiger partial charge >= 0.3 is 0 Å². The van der Waals surface area contributed by atoms with Gasteiger partial charge in [0.25, 0.3) is 0 Å². The molecule has 1 saturated carbocycles. The second kappa shape index (κ2) is 12.5. The molecule has 0 bridgehead atoms. The maximum absolute atomic E-state index is 12.3. The van der Waals surface area contributed by atoms with Gasteiger partial charge in [0, 0.05) is 51.4 Å². The van der Waals surface area contributed by atoms with Crippen molar-refractivity contribution >= 4 is 11.8 Å². The van der Waals surface area contributed by atoms with Crippen LogP contribution < -0.4 is 10.6 Å². The summed E-state index contributed by atoms with van der Waals surface area (Å²) in [5.74, 6) is -0.0166. The van der Waals surface area contributed by atoms with Crippen LogP contribution in [0.15, 0.2) is 0 Å². The second-order valence-corrected chi connectivity index (χ2v) is 8.14. The largest absolute Gasteiger partial charge is 0.381 e. The Labute approximate surface area is 173 Å². The molecule has 2 amide bonds. The van der Waals surface area contributed by atoms with Crippen molar-refractivity contribution in [3.63, 3.8) is 0 Å². The van der Waals surface area contributed by atoms with Crippen LogP contribution in [-0.2, 0) is 28.5 Å². The standard InChI is InChI=1S/C21H36N2O6/c24-20(8-14-28-16-4-10-26-11-5-16)22-18-2-1-3-19(18)23-21(25)9-15-29-17-6-12-27-13-7-17/h16-19H,1-15H2,(H,22,24)(H,23,25). The van der Waals surface area contributed by atoms with Crippen molar-refractivity contribution in [2.24, 2.45) is 0 Å². The molecule has 0 aromatic heterocycles. The Balaban J connectivity index is 1.28. The molecular formula is C21H36N2O6. The van der Waals surface area contributed by atoms with Crippen molar-refractivity contribution < 1.29 is 28.5 Å². The molecular weight excluding hydrogens is 376 g/mol. The van der Waals surface area contributed by atoms with E-state index < -0.39 is 0 Å². The Morgan fingerprint density at radius 1 is 0.690 bits per heavy atom. The van der Waals surface area contributed by atoms with Crippen molar-refractivity contribution in [3.05, 3.63) is 0 Å². The molecule has 3 aliphatic rings. The van der Waals surface area contributed by atoms with Crippen LogP contribution in [0.1, 0.15) is 57.8 Å². The van der Waals surface area contributed by atoms with Crippen LogP contribution in [0, 0.1) is 0 Å². The van der Waals surface area contributed by atoms with Gasteiger partial charge in [-0.3, -0.25) is 9.59 Å². The lowest BCUT2D eigenvalue weighted by molar-refractivity contribution is -0.126. The van der Waals surface area contributed by atoms with E-state index >= 15 is 0 Å². The molecule has 2 atom stereocenters. The van der Waals surface area contributed by atoms with Gasteiger partial charge in [-0.1, -0.05) is 0 Å². The van der Waals surface area contributed by atoms with Gasteiger partial charge in [-0.25, -0.2) is 0 Å². The van der Waals surface area contributed by atoms with Crippen LogP contribution in [0.5, 0.6) is 0 Å². The number of hydrogen-bond acceptors (Lipinski definition) is 6. The molecule has 1 aliphatic carbocycles. The molecule has 2 N–H and O–H groups in total. The fraction of sp³-hybridized carbons (Fsp3) is 0.905. The summed E-state index contributed by atoms with van der Waals surface area (Å²) < 4.78 is 22.2. The molecule has 3 fully saturated rings. The summed E-state index contributed by atoms with van der Waals surface area (Å²) >= 11 is 0. The van der Waals surface area contributed by atoms with Crippen LogP contribution in [0.4, 0.5) is 0 Å². The summed E-state index contributed by atoms with van der Waals surface area (Å²) in [5.41, 5.74) is 0. The lowest BCUT2D eigenvalue weighted by atomic mass is 10.1. The number of carbonyl (C=O) groups is 2. The van der Waals surface area contributed by atoms with Gasteiger partial charge in [-0.15, -0.1) is 0 Å². The fourth-order valence-electron chi connectivity index (χ4n) is 4.19. The highest BCUT2D eigenvalue weighted by Gasteiger charge is 2.29. The molecule has 0 radical (unpaired) electrons. The van der Waals surface area contributed by atoms with Crippen molar-refractivity contribution in [1.82, 2.24) is 10.6 Å². The van der Waals surface area contributed by atoms with E-state index in [0.717, 1.165) is 71.4 Å². The Bertz CT molecular complexity index is 461. The molecule has 3 rings (SSSR count). The number of amides is 2. The Morgan fingerprint density at radius 3 is 1.52 bits per heavy atom. The summed E-state index contributed by atoms with van der Waals surface area (Å²) in [6.07, 6.45) is 7.53. The predicted molar refractivity (Wildman–Crippen MR) is 107 cm³/mol. The predicted octanol–water partition coefficient (Wildman–Crippen LogP) is 1.31. The van der Waals surface area contributed by atoms with E-state index in [2.05, 4.69) is 10.6 Å². The minimum atomic E-state index is -0.00828. The summed E-state index contributed by atoms with van der Waals surface area (Å²) in [4.78, 5) is 24.5. The molecule has 0 aromatic rings. The maximum Gasteiger partial charge on any atom is 0.222 e. The molecule has 29 heavy (non-hydrogen) atoms. The Hall–Kier alpha value is -1.22. The van der Waals surface area contributed by atoms with Gasteiger partial charge < -0.3 is 29.6 Å². The highest BCUT2D eigenvalue weighted by molar-refractivity contribution is 5.78. The zero-order chi connectivity index (χ0) is 20.3. The van der Waals surface area contributed by atoms with Crippen LogP contribution in [0.2, 0.25) is 0 Å². The van der Waals surface area contributed by atoms with Gasteiger partial charge in [-0.05, 0) is 44.9 Å². The number of nitrogens with one attached hydrogen (secondary N) is 2. The lowest BCUT2D eigenvalue weighted by Gasteiger charge is -2.24. The summed E-state index contributed by atoms with van der Waals surface area (Å²) in [5, 5.41) is 6.15. The number of carbonyl (C=O) groups excluding carboxylic acids is 2. The molecule has 0 spiro atoms. The molecule has 2 heterocycles. The van der Waals surface area contributed by atoms with Crippen molar-refractivity contribution in [1.29, 1.82) is 0 Å². The maximum atomic E-state index is 12.3. The quantitative estimate of drug-likeness (QED) is 0.562. The first-order chi connectivity index (χ1) is 14.2. The minimum Gasteiger partial charge on any atom is -0.381 e. The third-order valence-corrected chi connectivity index (χ3v) is 5.91. The first-order valence-corrected chi connectivity index (χ1v) is 11.2. The van der Waals surface area contributed by atoms with Crippen molar-refractivity contribution in [3.8, 4) is 0 Å². The minimum absolute atomic E-state index is 0.00550. The summed E-state index contributed by atoms with van der Waals surface area (Å²) in [7, 11) is 0. The van der Waals surface area contributed by atoms with Gasteiger partial charge in [0.1, 0.15) is 0 Å². The molecule has 2 unspecified atom stereocenters. The molecule has 166 valence electrons. The highest BCUT2D eigenvalue weighted by atomic mass is 16.5. The van der Waals surface area contributed by atoms with Crippen molar-refractivity contribution in [2.45, 2.75) is 82.1 Å². The van der Waals surface area contributed by atoms with E-state index in [9.17, 15) is 9.59 Å². The summed E-state index contributed by atoms with van der Waals surface area (Å²) in [6, 6.07) is 0.0110. The van der Waals surface area contributed by atoms with E-state index in [-0.39, 0.29) is 36.1 Å². The zero-order valence-electron chi connectivity index (χ0n) is 17.4. The summed E-state index contributed by atoms with van der Waals surface area (Å²) in [6.45, 7) is 3.81. The van der Waals surface area contributed by atoms with Crippen LogP contribution in [-0.4, -0.2) is 75.7 Å². The van der Waals surface area contributed by atoms with Crippen LogP contribution >= 0.6 is 0 Å². The number of hydrogen-bond donors (Lipinski definition) is 2. The Morgan fingerprint density at radius 2 is 1.10 bits per heavy atom. The first kappa shape index (κ1) is 22.5. The third kappa shape index (κ3) is 8.20. The van der Waals surface area contributed by atoms with Gasteiger partial charge in [0.05, 0.1) is 25.4 Å². The third-order valence-electron chi connectivity index (χ3n) is 5.91. The Kier molecular flexibility index (Phi) is 9.66. The van der Waals surface area contributed by atoms with E-state index in [1.807, 2.05) is 0 Å². The van der Waals surface area contributed by atoms with Gasteiger partial charge in [-0.2, -0.15) is 0 Å². The molecule has 2 aliphatic heterocycles. The normalized spacial score (nSPS) is 26.3. The SMILES string of the molecule is O=C(CCOC1CCOCC1)NC1CCCC1NC(=O)CCOC1CCOCC1. The first-order valence-electron chi connectivity index (χ1n) is 11.2. The zero-order valence-corrected chi connectivity index (χ0v) is 17.4. The van der Waals surface area contributed by atoms with E-state index in [1.54, 1.807) is 0 Å².